The Bertz CT molecular complexity index is 501. The maximum absolute atomic E-state index is 12.4. The summed E-state index contributed by atoms with van der Waals surface area (Å²) in [6, 6.07) is 7.06. The summed E-state index contributed by atoms with van der Waals surface area (Å²) in [5, 5.41) is 0. The highest BCUT2D eigenvalue weighted by atomic mass is 16.5. The number of carbonyl (C=O) groups is 2. The molecule has 0 bridgehead atoms. The second kappa shape index (κ2) is 7.08. The molecule has 2 amide bonds. The van der Waals surface area contributed by atoms with Crippen LogP contribution in [0.15, 0.2) is 24.3 Å². The smallest absolute Gasteiger partial charge is 0.253 e. The van der Waals surface area contributed by atoms with Gasteiger partial charge < -0.3 is 9.64 Å². The van der Waals surface area contributed by atoms with Crippen LogP contribution in [0, 0.1) is 5.92 Å². The highest BCUT2D eigenvalue weighted by Crippen LogP contribution is 2.20. The number of benzene rings is 1. The molecular weight excluding hydrogens is 270 g/mol. The molecular formula is C15H21N3O3. The van der Waals surface area contributed by atoms with Crippen molar-refractivity contribution in [2.24, 2.45) is 11.8 Å². The van der Waals surface area contributed by atoms with E-state index in [4.69, 9.17) is 10.6 Å². The maximum Gasteiger partial charge on any atom is 0.253 e. The van der Waals surface area contributed by atoms with Crippen LogP contribution in [0.2, 0.25) is 0 Å². The van der Waals surface area contributed by atoms with Crippen LogP contribution >= 0.6 is 0 Å². The predicted molar refractivity (Wildman–Crippen MR) is 78.6 cm³/mol. The van der Waals surface area contributed by atoms with Crippen LogP contribution in [0.25, 0.3) is 0 Å². The third kappa shape index (κ3) is 3.72. The predicted octanol–water partition coefficient (Wildman–Crippen LogP) is 0.927. The van der Waals surface area contributed by atoms with E-state index in [-0.39, 0.29) is 17.7 Å². The van der Waals surface area contributed by atoms with Gasteiger partial charge in [-0.15, -0.1) is 0 Å². The van der Waals surface area contributed by atoms with Crippen molar-refractivity contribution in [2.45, 2.75) is 19.8 Å². The summed E-state index contributed by atoms with van der Waals surface area (Å²) in [5.74, 6) is 5.41. The summed E-state index contributed by atoms with van der Waals surface area (Å²) < 4.78 is 5.36. The molecule has 1 atom stereocenters. The first-order chi connectivity index (χ1) is 10.2. The number of carbonyl (C=O) groups excluding carboxylic acids is 2. The van der Waals surface area contributed by atoms with Gasteiger partial charge in [0, 0.05) is 18.7 Å². The molecule has 3 N–H and O–H groups in total. The summed E-state index contributed by atoms with van der Waals surface area (Å²) in [7, 11) is 0. The Morgan fingerprint density at radius 2 is 2.10 bits per heavy atom. The number of amides is 2. The fourth-order valence-electron chi connectivity index (χ4n) is 2.54. The van der Waals surface area contributed by atoms with Crippen LogP contribution in [0.5, 0.6) is 5.75 Å². The minimum atomic E-state index is -0.226. The van der Waals surface area contributed by atoms with Crippen molar-refractivity contribution >= 4 is 11.8 Å². The molecule has 1 saturated heterocycles. The number of nitrogens with two attached hydrogens (primary N) is 1. The molecule has 0 radical (unpaired) electrons. The van der Waals surface area contributed by atoms with Crippen molar-refractivity contribution < 1.29 is 14.3 Å². The third-order valence-corrected chi connectivity index (χ3v) is 3.63. The van der Waals surface area contributed by atoms with Crippen molar-refractivity contribution in [1.29, 1.82) is 0 Å². The van der Waals surface area contributed by atoms with Gasteiger partial charge in [-0.25, -0.2) is 5.84 Å². The SMILES string of the molecule is CCOc1ccc(C(=O)N2CCCC(C(=O)NN)C2)cc1. The molecule has 0 saturated carbocycles. The summed E-state index contributed by atoms with van der Waals surface area (Å²) in [5.41, 5.74) is 2.77. The molecule has 0 aromatic heterocycles. The van der Waals surface area contributed by atoms with Crippen LogP contribution in [-0.4, -0.2) is 36.4 Å². The second-order valence-electron chi connectivity index (χ2n) is 5.06. The third-order valence-electron chi connectivity index (χ3n) is 3.63. The van der Waals surface area contributed by atoms with Crippen LogP contribution in [0.3, 0.4) is 0 Å². The van der Waals surface area contributed by atoms with Gasteiger partial charge in [-0.3, -0.25) is 15.0 Å². The number of nitrogens with one attached hydrogen (secondary N) is 1. The van der Waals surface area contributed by atoms with Gasteiger partial charge in [-0.1, -0.05) is 0 Å². The van der Waals surface area contributed by atoms with E-state index in [1.165, 1.54) is 0 Å². The topological polar surface area (TPSA) is 84.7 Å². The zero-order chi connectivity index (χ0) is 15.2. The van der Waals surface area contributed by atoms with Crippen molar-refractivity contribution in [1.82, 2.24) is 10.3 Å². The molecule has 114 valence electrons. The van der Waals surface area contributed by atoms with Gasteiger partial charge >= 0.3 is 0 Å². The molecule has 1 aliphatic rings. The number of hydrogen-bond donors (Lipinski definition) is 2. The van der Waals surface area contributed by atoms with Gasteiger partial charge in [0.05, 0.1) is 12.5 Å². The van der Waals surface area contributed by atoms with Crippen molar-refractivity contribution in [2.75, 3.05) is 19.7 Å². The van der Waals surface area contributed by atoms with E-state index in [9.17, 15) is 9.59 Å². The molecule has 0 spiro atoms. The van der Waals surface area contributed by atoms with Crippen LogP contribution in [-0.2, 0) is 4.79 Å². The molecule has 1 aliphatic heterocycles. The summed E-state index contributed by atoms with van der Waals surface area (Å²) in [6.07, 6.45) is 1.57. The lowest BCUT2D eigenvalue weighted by atomic mass is 9.97. The van der Waals surface area contributed by atoms with Crippen LogP contribution < -0.4 is 16.0 Å². The van der Waals surface area contributed by atoms with Crippen molar-refractivity contribution in [3.8, 4) is 5.75 Å². The quantitative estimate of drug-likeness (QED) is 0.491. The fraction of sp³-hybridized carbons (Fsp3) is 0.467. The van der Waals surface area contributed by atoms with Gasteiger partial charge in [0.2, 0.25) is 5.91 Å². The molecule has 1 unspecified atom stereocenters. The number of ether oxygens (including phenoxy) is 1. The van der Waals surface area contributed by atoms with E-state index >= 15 is 0 Å². The average Bonchev–Trinajstić information content (AvgIpc) is 2.54. The number of nitrogens with zero attached hydrogens (tertiary/aromatic N) is 1. The largest absolute Gasteiger partial charge is 0.494 e. The Balaban J connectivity index is 2.03. The number of hydrogen-bond acceptors (Lipinski definition) is 4. The lowest BCUT2D eigenvalue weighted by Crippen LogP contribution is -2.46. The van der Waals surface area contributed by atoms with E-state index in [2.05, 4.69) is 5.43 Å². The van der Waals surface area contributed by atoms with Crippen LogP contribution in [0.1, 0.15) is 30.1 Å². The Labute approximate surface area is 124 Å². The first-order valence-corrected chi connectivity index (χ1v) is 7.18. The number of hydrazine groups is 1. The van der Waals surface area contributed by atoms with E-state index in [1.54, 1.807) is 29.2 Å². The molecule has 0 aliphatic carbocycles. The highest BCUT2D eigenvalue weighted by molar-refractivity contribution is 5.94. The first kappa shape index (κ1) is 15.3. The minimum Gasteiger partial charge on any atom is -0.494 e. The summed E-state index contributed by atoms with van der Waals surface area (Å²) >= 11 is 0. The molecule has 1 aromatic carbocycles. The van der Waals surface area contributed by atoms with Crippen molar-refractivity contribution in [3.63, 3.8) is 0 Å². The van der Waals surface area contributed by atoms with Gasteiger partial charge in [-0.2, -0.15) is 0 Å². The summed E-state index contributed by atoms with van der Waals surface area (Å²) in [4.78, 5) is 25.8. The standard InChI is InChI=1S/C15H21N3O3/c1-2-21-13-7-5-11(6-8-13)15(20)18-9-3-4-12(10-18)14(19)17-16/h5-8,12H,2-4,9-10,16H2,1H3,(H,17,19). The van der Waals surface area contributed by atoms with Crippen LogP contribution in [0.4, 0.5) is 0 Å². The highest BCUT2D eigenvalue weighted by Gasteiger charge is 2.28. The fourth-order valence-corrected chi connectivity index (χ4v) is 2.54. The molecule has 1 heterocycles. The average molecular weight is 291 g/mol. The lowest BCUT2D eigenvalue weighted by molar-refractivity contribution is -0.126. The summed E-state index contributed by atoms with van der Waals surface area (Å²) in [6.45, 7) is 3.58. The monoisotopic (exact) mass is 291 g/mol. The molecule has 6 heteroatoms. The van der Waals surface area contributed by atoms with Gasteiger partial charge in [0.1, 0.15) is 5.75 Å². The van der Waals surface area contributed by atoms with Gasteiger partial charge in [0.25, 0.3) is 5.91 Å². The maximum atomic E-state index is 12.4. The lowest BCUT2D eigenvalue weighted by Gasteiger charge is -2.31. The zero-order valence-corrected chi connectivity index (χ0v) is 12.2. The molecule has 21 heavy (non-hydrogen) atoms. The Kier molecular flexibility index (Phi) is 5.16. The molecule has 2 rings (SSSR count). The van der Waals surface area contributed by atoms with E-state index in [1.807, 2.05) is 6.92 Å². The Hall–Kier alpha value is -2.08. The Morgan fingerprint density at radius 3 is 2.71 bits per heavy atom. The number of rotatable bonds is 4. The molecule has 6 nitrogen and oxygen atoms in total. The zero-order valence-electron chi connectivity index (χ0n) is 12.2. The normalized spacial score (nSPS) is 18.2. The Morgan fingerprint density at radius 1 is 1.38 bits per heavy atom. The number of piperidine rings is 1. The van der Waals surface area contributed by atoms with Gasteiger partial charge in [-0.05, 0) is 44.0 Å². The van der Waals surface area contributed by atoms with E-state index < -0.39 is 0 Å². The molecule has 1 aromatic rings. The number of likely N-dealkylation sites (tertiary alicyclic amines) is 1. The van der Waals surface area contributed by atoms with Crippen molar-refractivity contribution in [3.05, 3.63) is 29.8 Å². The van der Waals surface area contributed by atoms with E-state index in [0.29, 0.717) is 25.3 Å². The minimum absolute atomic E-state index is 0.0624. The van der Waals surface area contributed by atoms with E-state index in [0.717, 1.165) is 18.6 Å². The second-order valence-corrected chi connectivity index (χ2v) is 5.06. The molecule has 1 fully saturated rings. The van der Waals surface area contributed by atoms with Gasteiger partial charge in [0.15, 0.2) is 0 Å². The first-order valence-electron chi connectivity index (χ1n) is 7.18.